The van der Waals surface area contributed by atoms with Gasteiger partial charge in [0, 0.05) is 23.2 Å². The fourth-order valence-corrected chi connectivity index (χ4v) is 3.32. The topological polar surface area (TPSA) is 70.9 Å². The number of hydrogen-bond acceptors (Lipinski definition) is 3. The predicted octanol–water partition coefficient (Wildman–Crippen LogP) is 3.95. The van der Waals surface area contributed by atoms with Crippen LogP contribution in [0.15, 0.2) is 28.8 Å². The summed E-state index contributed by atoms with van der Waals surface area (Å²) in [6.07, 6.45) is 3.52. The third kappa shape index (κ3) is 2.16. The molecule has 3 aromatic rings. The molecular weight excluding hydrogens is 302 g/mol. The Kier molecular flexibility index (Phi) is 3.30. The molecule has 2 aromatic heterocycles. The van der Waals surface area contributed by atoms with Crippen molar-refractivity contribution in [2.45, 2.75) is 33.6 Å². The van der Waals surface area contributed by atoms with Crippen LogP contribution >= 0.6 is 0 Å². The number of fused-ring (bicyclic) bond motifs is 3. The first-order valence-corrected chi connectivity index (χ1v) is 8.08. The highest BCUT2D eigenvalue weighted by Gasteiger charge is 2.28. The van der Waals surface area contributed by atoms with E-state index in [1.165, 1.54) is 5.56 Å². The van der Waals surface area contributed by atoms with Gasteiger partial charge in [-0.15, -0.1) is 0 Å². The quantitative estimate of drug-likeness (QED) is 0.751. The number of aromatic nitrogens is 2. The van der Waals surface area contributed by atoms with E-state index < -0.39 is 0 Å². The van der Waals surface area contributed by atoms with E-state index in [0.29, 0.717) is 5.76 Å². The van der Waals surface area contributed by atoms with Crippen LogP contribution in [0.2, 0.25) is 0 Å². The van der Waals surface area contributed by atoms with Crippen molar-refractivity contribution in [2.24, 2.45) is 0 Å². The van der Waals surface area contributed by atoms with Crippen LogP contribution in [0.3, 0.4) is 0 Å². The maximum absolute atomic E-state index is 12.7. The summed E-state index contributed by atoms with van der Waals surface area (Å²) in [5, 5.41) is 10.1. The summed E-state index contributed by atoms with van der Waals surface area (Å²) < 4.78 is 5.91. The standard InChI is InChI=1S/C19H19N3O2/c1-10-5-4-6-14(11(10)2)21-19(23)18-12(3)16-15(24-18)8-7-13-9-20-22-17(13)16/h4-6,9H,7-8H2,1-3H3,(H,20,22)(H,21,23). The summed E-state index contributed by atoms with van der Waals surface area (Å²) >= 11 is 0. The molecular formula is C19H19N3O2. The number of carbonyl (C=O) groups is 1. The molecule has 5 nitrogen and oxygen atoms in total. The molecule has 0 saturated carbocycles. The van der Waals surface area contributed by atoms with E-state index in [1.54, 1.807) is 0 Å². The van der Waals surface area contributed by atoms with Crippen LogP contribution in [0.5, 0.6) is 0 Å². The van der Waals surface area contributed by atoms with E-state index in [2.05, 4.69) is 15.5 Å². The molecule has 0 radical (unpaired) electrons. The second kappa shape index (κ2) is 5.37. The van der Waals surface area contributed by atoms with Crippen LogP contribution in [0.1, 0.15) is 38.6 Å². The first-order valence-electron chi connectivity index (χ1n) is 8.08. The maximum Gasteiger partial charge on any atom is 0.291 e. The Hall–Kier alpha value is -2.82. The molecule has 1 aliphatic carbocycles. The molecule has 1 amide bonds. The van der Waals surface area contributed by atoms with E-state index in [-0.39, 0.29) is 5.91 Å². The summed E-state index contributed by atoms with van der Waals surface area (Å²) in [5.74, 6) is 1.02. The van der Waals surface area contributed by atoms with E-state index in [9.17, 15) is 4.79 Å². The molecule has 1 aromatic carbocycles. The normalized spacial score (nSPS) is 12.6. The molecule has 1 aliphatic rings. The SMILES string of the molecule is Cc1cccc(NC(=O)c2oc3c(c2C)-c2[nH]ncc2CC3)c1C. The zero-order valence-corrected chi connectivity index (χ0v) is 14.0. The molecule has 0 fully saturated rings. The lowest BCUT2D eigenvalue weighted by molar-refractivity contribution is 0.0994. The molecule has 2 N–H and O–H groups in total. The second-order valence-electron chi connectivity index (χ2n) is 6.33. The number of carbonyl (C=O) groups excluding carboxylic acids is 1. The van der Waals surface area contributed by atoms with Gasteiger partial charge < -0.3 is 9.73 Å². The molecule has 4 rings (SSSR count). The number of rotatable bonds is 2. The highest BCUT2D eigenvalue weighted by atomic mass is 16.4. The minimum Gasteiger partial charge on any atom is -0.455 e. The Morgan fingerprint density at radius 1 is 1.21 bits per heavy atom. The van der Waals surface area contributed by atoms with Crippen molar-refractivity contribution in [1.82, 2.24) is 10.2 Å². The summed E-state index contributed by atoms with van der Waals surface area (Å²) in [7, 11) is 0. The Labute approximate surface area is 140 Å². The number of aromatic amines is 1. The highest BCUT2D eigenvalue weighted by molar-refractivity contribution is 6.05. The van der Waals surface area contributed by atoms with Crippen LogP contribution in [-0.4, -0.2) is 16.1 Å². The first-order chi connectivity index (χ1) is 11.6. The summed E-state index contributed by atoms with van der Waals surface area (Å²) in [4.78, 5) is 12.7. The monoisotopic (exact) mass is 321 g/mol. The number of anilines is 1. The van der Waals surface area contributed by atoms with Crippen LogP contribution in [0.4, 0.5) is 5.69 Å². The zero-order chi connectivity index (χ0) is 16.8. The van der Waals surface area contributed by atoms with Crippen LogP contribution < -0.4 is 5.32 Å². The molecule has 0 atom stereocenters. The number of H-pyrrole nitrogens is 1. The number of furan rings is 1. The summed E-state index contributed by atoms with van der Waals surface area (Å²) in [6, 6.07) is 5.88. The van der Waals surface area contributed by atoms with Gasteiger partial charge >= 0.3 is 0 Å². The van der Waals surface area contributed by atoms with Gasteiger partial charge in [0.2, 0.25) is 0 Å². The minimum atomic E-state index is -0.211. The number of nitrogens with one attached hydrogen (secondary N) is 2. The van der Waals surface area contributed by atoms with Crippen molar-refractivity contribution in [3.05, 3.63) is 58.2 Å². The third-order valence-electron chi connectivity index (χ3n) is 4.87. The van der Waals surface area contributed by atoms with Crippen molar-refractivity contribution in [3.8, 4) is 11.3 Å². The summed E-state index contributed by atoms with van der Waals surface area (Å²) in [5.41, 5.74) is 7.02. The largest absolute Gasteiger partial charge is 0.455 e. The van der Waals surface area contributed by atoms with E-state index in [4.69, 9.17) is 4.42 Å². The molecule has 122 valence electrons. The average Bonchev–Trinajstić information content (AvgIpc) is 3.16. The van der Waals surface area contributed by atoms with E-state index in [0.717, 1.165) is 52.2 Å². The molecule has 0 aliphatic heterocycles. The lowest BCUT2D eigenvalue weighted by Crippen LogP contribution is -2.13. The number of amides is 1. The lowest BCUT2D eigenvalue weighted by Gasteiger charge is -2.10. The Morgan fingerprint density at radius 3 is 2.88 bits per heavy atom. The molecule has 0 spiro atoms. The van der Waals surface area contributed by atoms with Gasteiger partial charge in [-0.05, 0) is 49.9 Å². The van der Waals surface area contributed by atoms with Gasteiger partial charge in [-0.25, -0.2) is 0 Å². The molecule has 5 heteroatoms. The predicted molar refractivity (Wildman–Crippen MR) is 92.3 cm³/mol. The molecule has 0 saturated heterocycles. The van der Waals surface area contributed by atoms with Crippen molar-refractivity contribution < 1.29 is 9.21 Å². The average molecular weight is 321 g/mol. The number of aryl methyl sites for hydroxylation is 3. The van der Waals surface area contributed by atoms with Crippen molar-refractivity contribution >= 4 is 11.6 Å². The zero-order valence-electron chi connectivity index (χ0n) is 14.0. The lowest BCUT2D eigenvalue weighted by atomic mass is 9.93. The van der Waals surface area contributed by atoms with Gasteiger partial charge in [0.05, 0.1) is 11.9 Å². The van der Waals surface area contributed by atoms with E-state index >= 15 is 0 Å². The van der Waals surface area contributed by atoms with Crippen LogP contribution in [0.25, 0.3) is 11.3 Å². The Balaban J connectivity index is 1.71. The van der Waals surface area contributed by atoms with Crippen LogP contribution in [0, 0.1) is 20.8 Å². The van der Waals surface area contributed by atoms with Crippen LogP contribution in [-0.2, 0) is 12.8 Å². The Morgan fingerprint density at radius 2 is 2.04 bits per heavy atom. The third-order valence-corrected chi connectivity index (χ3v) is 4.87. The van der Waals surface area contributed by atoms with Gasteiger partial charge in [-0.3, -0.25) is 9.89 Å². The van der Waals surface area contributed by atoms with Gasteiger partial charge in [-0.2, -0.15) is 5.10 Å². The van der Waals surface area contributed by atoms with E-state index in [1.807, 2.05) is 45.2 Å². The van der Waals surface area contributed by atoms with Crippen molar-refractivity contribution in [3.63, 3.8) is 0 Å². The van der Waals surface area contributed by atoms with Gasteiger partial charge in [0.1, 0.15) is 5.76 Å². The maximum atomic E-state index is 12.7. The fourth-order valence-electron chi connectivity index (χ4n) is 3.32. The number of nitrogens with zero attached hydrogens (tertiary/aromatic N) is 1. The van der Waals surface area contributed by atoms with Crippen molar-refractivity contribution in [1.29, 1.82) is 0 Å². The van der Waals surface area contributed by atoms with Gasteiger partial charge in [0.15, 0.2) is 5.76 Å². The van der Waals surface area contributed by atoms with Crippen molar-refractivity contribution in [2.75, 3.05) is 5.32 Å². The fraction of sp³-hybridized carbons (Fsp3) is 0.263. The number of hydrogen-bond donors (Lipinski definition) is 2. The number of benzene rings is 1. The summed E-state index contributed by atoms with van der Waals surface area (Å²) in [6.45, 7) is 5.96. The minimum absolute atomic E-state index is 0.211. The Bertz CT molecular complexity index is 950. The van der Waals surface area contributed by atoms with Gasteiger partial charge in [0.25, 0.3) is 5.91 Å². The highest BCUT2D eigenvalue weighted by Crippen LogP contribution is 2.38. The second-order valence-corrected chi connectivity index (χ2v) is 6.33. The molecule has 0 unspecified atom stereocenters. The molecule has 2 heterocycles. The first kappa shape index (κ1) is 14.8. The smallest absolute Gasteiger partial charge is 0.291 e. The van der Waals surface area contributed by atoms with Gasteiger partial charge in [-0.1, -0.05) is 12.1 Å². The molecule has 24 heavy (non-hydrogen) atoms. The molecule has 0 bridgehead atoms.